The van der Waals surface area contributed by atoms with Crippen LogP contribution in [-0.4, -0.2) is 51.5 Å². The fourth-order valence-corrected chi connectivity index (χ4v) is 3.93. The zero-order valence-electron chi connectivity index (χ0n) is 12.1. The van der Waals surface area contributed by atoms with E-state index in [1.54, 1.807) is 33.5 Å². The Bertz CT molecular complexity index is 385. The van der Waals surface area contributed by atoms with Crippen LogP contribution in [0.3, 0.4) is 0 Å². The van der Waals surface area contributed by atoms with Crippen LogP contribution in [-0.2, 0) is 13.3 Å². The highest BCUT2D eigenvalue weighted by Crippen LogP contribution is 2.29. The summed E-state index contributed by atoms with van der Waals surface area (Å²) < 4.78 is 32.4. The van der Waals surface area contributed by atoms with Crippen LogP contribution in [0.2, 0.25) is 0 Å². The molecule has 0 aliphatic rings. The molecule has 0 aromatic heterocycles. The third-order valence-electron chi connectivity index (χ3n) is 2.83. The average molecular weight is 288 g/mol. The number of methoxy groups -OCH3 is 3. The van der Waals surface area contributed by atoms with Gasteiger partial charge in [-0.05, 0) is 0 Å². The third-order valence-corrected chi connectivity index (χ3v) is 5.54. The number of benzene rings is 1. The quantitative estimate of drug-likeness (QED) is 0.692. The van der Waals surface area contributed by atoms with Gasteiger partial charge in [-0.1, -0.05) is 0 Å². The van der Waals surface area contributed by atoms with E-state index in [9.17, 15) is 0 Å². The molecule has 0 N–H and O–H groups in total. The van der Waals surface area contributed by atoms with E-state index < -0.39 is 8.80 Å². The molecule has 1 aromatic carbocycles. The monoisotopic (exact) mass is 288 g/mol. The van der Waals surface area contributed by atoms with Crippen molar-refractivity contribution >= 4 is 14.0 Å². The molecule has 7 heteroatoms. The van der Waals surface area contributed by atoms with E-state index in [1.165, 1.54) is 21.3 Å². The van der Waals surface area contributed by atoms with Gasteiger partial charge in [-0.25, -0.2) is 0 Å². The van der Waals surface area contributed by atoms with E-state index in [0.717, 1.165) is 0 Å². The van der Waals surface area contributed by atoms with Gasteiger partial charge in [-0.15, -0.1) is 0 Å². The van der Waals surface area contributed by atoms with Crippen molar-refractivity contribution in [2.45, 2.75) is 0 Å². The predicted molar refractivity (Wildman–Crippen MR) is 72.5 cm³/mol. The third kappa shape index (κ3) is 2.84. The molecule has 0 amide bonds. The summed E-state index contributed by atoms with van der Waals surface area (Å²) in [6, 6.07) is 3.47. The SMILES string of the molecule is COc1cc(OC)c([Si](OC)(OC)OC)c(OC)c1. The van der Waals surface area contributed by atoms with Gasteiger partial charge >= 0.3 is 8.80 Å². The Balaban J connectivity index is 3.54. The zero-order chi connectivity index (χ0) is 14.5. The summed E-state index contributed by atoms with van der Waals surface area (Å²) in [6.07, 6.45) is 0. The molecule has 0 unspecified atom stereocenters. The van der Waals surface area contributed by atoms with E-state index in [4.69, 9.17) is 27.5 Å². The van der Waals surface area contributed by atoms with Crippen LogP contribution in [0.5, 0.6) is 17.2 Å². The first-order valence-electron chi connectivity index (χ1n) is 5.58. The second-order valence-corrected chi connectivity index (χ2v) is 6.41. The van der Waals surface area contributed by atoms with Crippen LogP contribution in [0.25, 0.3) is 0 Å². The van der Waals surface area contributed by atoms with Crippen molar-refractivity contribution in [1.82, 2.24) is 0 Å². The minimum atomic E-state index is -3.07. The maximum absolute atomic E-state index is 5.47. The van der Waals surface area contributed by atoms with E-state index >= 15 is 0 Å². The molecule has 108 valence electrons. The summed E-state index contributed by atoms with van der Waals surface area (Å²) >= 11 is 0. The lowest BCUT2D eigenvalue weighted by Gasteiger charge is -2.27. The van der Waals surface area contributed by atoms with Gasteiger partial charge in [0.05, 0.1) is 21.3 Å². The fourth-order valence-electron chi connectivity index (χ4n) is 1.86. The summed E-state index contributed by atoms with van der Waals surface area (Å²) in [4.78, 5) is 0. The first-order chi connectivity index (χ1) is 9.12. The number of hydrogen-bond donors (Lipinski definition) is 0. The van der Waals surface area contributed by atoms with Crippen molar-refractivity contribution in [3.8, 4) is 17.2 Å². The second-order valence-electron chi connectivity index (χ2n) is 3.58. The van der Waals surface area contributed by atoms with E-state index in [1.807, 2.05) is 0 Å². The fraction of sp³-hybridized carbons (Fsp3) is 0.500. The zero-order valence-corrected chi connectivity index (χ0v) is 13.1. The summed E-state index contributed by atoms with van der Waals surface area (Å²) in [5.41, 5.74) is 0. The Labute approximate surface area is 114 Å². The highest BCUT2D eigenvalue weighted by atomic mass is 28.4. The highest BCUT2D eigenvalue weighted by molar-refractivity contribution is 6.77. The van der Waals surface area contributed by atoms with Crippen LogP contribution in [0.4, 0.5) is 0 Å². The molecule has 0 saturated heterocycles. The van der Waals surface area contributed by atoms with E-state index in [2.05, 4.69) is 0 Å². The Hall–Kier alpha value is -1.28. The molecule has 0 atom stereocenters. The standard InChI is InChI=1S/C12H20O6Si/c1-13-9-7-10(14-2)12(11(8-9)15-3)19(16-4,17-5)18-6/h7-8H,1-6H3. The molecule has 1 rings (SSSR count). The number of hydrogen-bond acceptors (Lipinski definition) is 6. The van der Waals surface area contributed by atoms with Crippen LogP contribution in [0, 0.1) is 0 Å². The molecule has 0 spiro atoms. The van der Waals surface area contributed by atoms with Gasteiger partial charge in [-0.3, -0.25) is 0 Å². The smallest absolute Gasteiger partial charge is 0.496 e. The van der Waals surface area contributed by atoms with Crippen molar-refractivity contribution in [1.29, 1.82) is 0 Å². The Kier molecular flexibility index (Phi) is 5.61. The summed E-state index contributed by atoms with van der Waals surface area (Å²) in [5, 5.41) is 0.630. The topological polar surface area (TPSA) is 55.4 Å². The molecule has 0 aliphatic heterocycles. The maximum atomic E-state index is 5.47. The number of rotatable bonds is 7. The Morgan fingerprint density at radius 2 is 1.11 bits per heavy atom. The van der Waals surface area contributed by atoms with Crippen molar-refractivity contribution < 1.29 is 27.5 Å². The van der Waals surface area contributed by atoms with Gasteiger partial charge in [0.15, 0.2) is 0 Å². The van der Waals surface area contributed by atoms with E-state index in [0.29, 0.717) is 22.4 Å². The first kappa shape index (κ1) is 15.8. The normalized spacial score (nSPS) is 11.3. The number of ether oxygens (including phenoxy) is 3. The molecule has 19 heavy (non-hydrogen) atoms. The van der Waals surface area contributed by atoms with E-state index in [-0.39, 0.29) is 0 Å². The molecule has 0 bridgehead atoms. The molecule has 0 heterocycles. The summed E-state index contributed by atoms with van der Waals surface area (Å²) in [7, 11) is 6.20. The lowest BCUT2D eigenvalue weighted by molar-refractivity contribution is 0.138. The van der Waals surface area contributed by atoms with Crippen molar-refractivity contribution in [2.75, 3.05) is 42.7 Å². The Morgan fingerprint density at radius 3 is 1.37 bits per heavy atom. The van der Waals surface area contributed by atoms with Crippen LogP contribution in [0.15, 0.2) is 12.1 Å². The average Bonchev–Trinajstić information content (AvgIpc) is 2.49. The van der Waals surface area contributed by atoms with Crippen molar-refractivity contribution in [3.63, 3.8) is 0 Å². The van der Waals surface area contributed by atoms with Crippen LogP contribution < -0.4 is 19.4 Å². The molecule has 0 radical (unpaired) electrons. The summed E-state index contributed by atoms with van der Waals surface area (Å²) in [5.74, 6) is 1.69. The van der Waals surface area contributed by atoms with Crippen molar-refractivity contribution in [3.05, 3.63) is 12.1 Å². The molecular weight excluding hydrogens is 268 g/mol. The lowest BCUT2D eigenvalue weighted by atomic mass is 10.3. The highest BCUT2D eigenvalue weighted by Gasteiger charge is 2.46. The maximum Gasteiger partial charge on any atom is 0.544 e. The van der Waals surface area contributed by atoms with Gasteiger partial charge in [-0.2, -0.15) is 0 Å². The van der Waals surface area contributed by atoms with Crippen LogP contribution in [0.1, 0.15) is 0 Å². The first-order valence-corrected chi connectivity index (χ1v) is 7.30. The molecule has 1 aromatic rings. The second kappa shape index (κ2) is 6.76. The molecule has 6 nitrogen and oxygen atoms in total. The molecular formula is C12H20O6Si. The van der Waals surface area contributed by atoms with Gasteiger partial charge in [0.1, 0.15) is 22.4 Å². The predicted octanol–water partition coefficient (Wildman–Crippen LogP) is 0.797. The van der Waals surface area contributed by atoms with Gasteiger partial charge in [0, 0.05) is 33.5 Å². The lowest BCUT2D eigenvalue weighted by Crippen LogP contribution is -2.55. The molecule has 0 fully saturated rings. The van der Waals surface area contributed by atoms with Crippen molar-refractivity contribution in [2.24, 2.45) is 0 Å². The largest absolute Gasteiger partial charge is 0.544 e. The van der Waals surface area contributed by atoms with Crippen LogP contribution >= 0.6 is 0 Å². The Morgan fingerprint density at radius 1 is 0.684 bits per heavy atom. The summed E-state index contributed by atoms with van der Waals surface area (Å²) in [6.45, 7) is 0. The van der Waals surface area contributed by atoms with Gasteiger partial charge < -0.3 is 27.5 Å². The minimum absolute atomic E-state index is 0.536. The molecule has 0 aliphatic carbocycles. The van der Waals surface area contributed by atoms with Gasteiger partial charge in [0.25, 0.3) is 0 Å². The van der Waals surface area contributed by atoms with Gasteiger partial charge in [0.2, 0.25) is 0 Å². The molecule has 0 saturated carbocycles. The minimum Gasteiger partial charge on any atom is -0.496 e.